The molecule has 0 amide bonds. The molecule has 0 N–H and O–H groups in total. The summed E-state index contributed by atoms with van der Waals surface area (Å²) in [6.45, 7) is 4.63. The molecule has 1 unspecified atom stereocenters. The van der Waals surface area contributed by atoms with Crippen LogP contribution in [-0.4, -0.2) is 0 Å². The molecule has 1 aliphatic rings. The zero-order chi connectivity index (χ0) is 20.6. The summed E-state index contributed by atoms with van der Waals surface area (Å²) in [5, 5.41) is 2.73. The van der Waals surface area contributed by atoms with E-state index in [1.54, 1.807) is 0 Å². The maximum Gasteiger partial charge on any atom is 0.0427 e. The lowest BCUT2D eigenvalue weighted by Crippen LogP contribution is -2.20. The van der Waals surface area contributed by atoms with E-state index in [4.69, 9.17) is 0 Å². The highest BCUT2D eigenvalue weighted by Gasteiger charge is 2.28. The molecule has 0 radical (unpaired) electrons. The minimum Gasteiger partial charge on any atom is -0.135 e. The highest BCUT2D eigenvalue weighted by molar-refractivity contribution is 7.26. The maximum absolute atomic E-state index is 2.47. The van der Waals surface area contributed by atoms with Gasteiger partial charge in [-0.3, -0.25) is 0 Å². The molecule has 0 aliphatic heterocycles. The average molecular weight is 407 g/mol. The zero-order valence-electron chi connectivity index (χ0n) is 17.6. The number of thiophene rings is 1. The summed E-state index contributed by atoms with van der Waals surface area (Å²) in [7, 11) is 0. The molecular formula is C29H26S. The summed E-state index contributed by atoms with van der Waals surface area (Å²) in [4.78, 5) is 0. The molecule has 0 bridgehead atoms. The van der Waals surface area contributed by atoms with Crippen LogP contribution in [-0.2, 0) is 6.42 Å². The predicted molar refractivity (Wildman–Crippen MR) is 133 cm³/mol. The van der Waals surface area contributed by atoms with Crippen molar-refractivity contribution in [3.05, 3.63) is 113 Å². The van der Waals surface area contributed by atoms with Crippen LogP contribution in [0.15, 0.2) is 102 Å². The highest BCUT2D eigenvalue weighted by atomic mass is 32.1. The lowest BCUT2D eigenvalue weighted by atomic mass is 9.72. The van der Waals surface area contributed by atoms with Crippen molar-refractivity contribution in [3.8, 4) is 0 Å². The lowest BCUT2D eigenvalue weighted by Gasteiger charge is -2.32. The molecular weight excluding hydrogens is 380 g/mol. The summed E-state index contributed by atoms with van der Waals surface area (Å²) in [6.07, 6.45) is 11.4. The van der Waals surface area contributed by atoms with Gasteiger partial charge in [-0.2, -0.15) is 0 Å². The van der Waals surface area contributed by atoms with Crippen molar-refractivity contribution in [3.63, 3.8) is 0 Å². The Labute approximate surface area is 182 Å². The van der Waals surface area contributed by atoms with E-state index in [0.717, 1.165) is 12.8 Å². The molecule has 0 spiro atoms. The second-order valence-electron chi connectivity index (χ2n) is 8.62. The Balaban J connectivity index is 1.67. The van der Waals surface area contributed by atoms with E-state index < -0.39 is 0 Å². The summed E-state index contributed by atoms with van der Waals surface area (Å²) >= 11 is 1.91. The van der Waals surface area contributed by atoms with Gasteiger partial charge in [0, 0.05) is 25.6 Å². The van der Waals surface area contributed by atoms with E-state index in [2.05, 4.69) is 111 Å². The summed E-state index contributed by atoms with van der Waals surface area (Å²) < 4.78 is 2.75. The van der Waals surface area contributed by atoms with Gasteiger partial charge in [0.1, 0.15) is 0 Å². The van der Waals surface area contributed by atoms with Crippen LogP contribution in [0.5, 0.6) is 0 Å². The Morgan fingerprint density at radius 1 is 0.933 bits per heavy atom. The molecule has 1 aromatic heterocycles. The molecule has 0 fully saturated rings. The molecule has 1 heteroatoms. The number of fused-ring (bicyclic) bond motifs is 3. The Hall–Kier alpha value is -2.90. The Morgan fingerprint density at radius 2 is 1.70 bits per heavy atom. The van der Waals surface area contributed by atoms with Crippen LogP contribution < -0.4 is 0 Å². The van der Waals surface area contributed by atoms with Crippen LogP contribution in [0.2, 0.25) is 0 Å². The number of hydrogen-bond acceptors (Lipinski definition) is 1. The summed E-state index contributed by atoms with van der Waals surface area (Å²) in [5.74, 6) is 0. The number of benzene rings is 3. The van der Waals surface area contributed by atoms with E-state index in [-0.39, 0.29) is 5.41 Å². The molecule has 1 atom stereocenters. The lowest BCUT2D eigenvalue weighted by molar-refractivity contribution is 0.494. The third-order valence-corrected chi connectivity index (χ3v) is 7.46. The molecule has 1 heterocycles. The van der Waals surface area contributed by atoms with Crippen LogP contribution in [0.1, 0.15) is 31.4 Å². The van der Waals surface area contributed by atoms with Gasteiger partial charge in [-0.05, 0) is 37.0 Å². The van der Waals surface area contributed by atoms with E-state index in [9.17, 15) is 0 Å². The fourth-order valence-electron chi connectivity index (χ4n) is 4.65. The molecule has 5 rings (SSSR count). The van der Waals surface area contributed by atoms with Crippen LogP contribution in [0, 0.1) is 5.41 Å². The van der Waals surface area contributed by atoms with Gasteiger partial charge in [0.05, 0.1) is 0 Å². The van der Waals surface area contributed by atoms with Crippen molar-refractivity contribution >= 4 is 37.6 Å². The molecule has 4 aromatic rings. The third-order valence-electron chi connectivity index (χ3n) is 6.23. The zero-order valence-corrected chi connectivity index (χ0v) is 18.4. The van der Waals surface area contributed by atoms with E-state index in [1.807, 2.05) is 11.3 Å². The smallest absolute Gasteiger partial charge is 0.0427 e. The van der Waals surface area contributed by atoms with Crippen molar-refractivity contribution in [2.24, 2.45) is 5.41 Å². The molecule has 0 saturated heterocycles. The largest absolute Gasteiger partial charge is 0.135 e. The fraction of sp³-hybridized carbons (Fsp3) is 0.172. The SMILES string of the molecule is CC1=CC=CC(C)(/C(=C\c2cccc3c2sc2ccccc23)Cc2ccccc2)C1. The van der Waals surface area contributed by atoms with Crippen LogP contribution in [0.3, 0.4) is 0 Å². The topological polar surface area (TPSA) is 0 Å². The van der Waals surface area contributed by atoms with Gasteiger partial charge in [0.2, 0.25) is 0 Å². The maximum atomic E-state index is 2.47. The monoisotopic (exact) mass is 406 g/mol. The number of allylic oxidation sites excluding steroid dienone is 5. The van der Waals surface area contributed by atoms with E-state index in [0.29, 0.717) is 0 Å². The van der Waals surface area contributed by atoms with Crippen molar-refractivity contribution in [1.82, 2.24) is 0 Å². The second kappa shape index (κ2) is 7.74. The number of hydrogen-bond donors (Lipinski definition) is 0. The molecule has 30 heavy (non-hydrogen) atoms. The first kappa shape index (κ1) is 19.1. The number of rotatable bonds is 4. The standard InChI is InChI=1S/C29H26S/c1-21-10-9-17-29(2,20-21)24(18-22-11-4-3-5-12-22)19-23-13-8-15-26-25-14-6-7-16-27(25)30-28(23)26/h3-17,19H,18,20H2,1-2H3/b24-19-. The first-order valence-electron chi connectivity index (χ1n) is 10.6. The van der Waals surface area contributed by atoms with Crippen molar-refractivity contribution in [1.29, 1.82) is 0 Å². The Kier molecular flexibility index (Phi) is 4.92. The van der Waals surface area contributed by atoms with Crippen LogP contribution in [0.25, 0.3) is 26.2 Å². The summed E-state index contributed by atoms with van der Waals surface area (Å²) in [5.41, 5.74) is 5.66. The van der Waals surface area contributed by atoms with Gasteiger partial charge in [-0.25, -0.2) is 0 Å². The van der Waals surface area contributed by atoms with Gasteiger partial charge in [0.15, 0.2) is 0 Å². The molecule has 0 nitrogen and oxygen atoms in total. The minimum absolute atomic E-state index is 0.0352. The quantitative estimate of drug-likeness (QED) is 0.318. The van der Waals surface area contributed by atoms with Gasteiger partial charge in [0.25, 0.3) is 0 Å². The van der Waals surface area contributed by atoms with Crippen LogP contribution in [0.4, 0.5) is 0 Å². The summed E-state index contributed by atoms with van der Waals surface area (Å²) in [6, 6.07) is 26.4. The van der Waals surface area contributed by atoms with E-state index >= 15 is 0 Å². The molecule has 148 valence electrons. The van der Waals surface area contributed by atoms with Crippen LogP contribution >= 0.6 is 11.3 Å². The van der Waals surface area contributed by atoms with E-state index in [1.165, 1.54) is 42.4 Å². The predicted octanol–water partition coefficient (Wildman–Crippen LogP) is 8.59. The molecule has 3 aromatic carbocycles. The normalized spacial score (nSPS) is 19.4. The highest BCUT2D eigenvalue weighted by Crippen LogP contribution is 2.42. The average Bonchev–Trinajstić information content (AvgIpc) is 3.14. The first-order chi connectivity index (χ1) is 14.6. The van der Waals surface area contributed by atoms with Crippen molar-refractivity contribution in [2.45, 2.75) is 26.7 Å². The van der Waals surface area contributed by atoms with Gasteiger partial charge in [-0.1, -0.05) is 109 Å². The van der Waals surface area contributed by atoms with Gasteiger partial charge < -0.3 is 0 Å². The first-order valence-corrected chi connectivity index (χ1v) is 11.4. The fourth-order valence-corrected chi connectivity index (χ4v) is 5.83. The van der Waals surface area contributed by atoms with Gasteiger partial charge in [-0.15, -0.1) is 11.3 Å². The third kappa shape index (κ3) is 3.55. The van der Waals surface area contributed by atoms with Gasteiger partial charge >= 0.3 is 0 Å². The molecule has 1 aliphatic carbocycles. The minimum atomic E-state index is 0.0352. The second-order valence-corrected chi connectivity index (χ2v) is 9.67. The molecule has 0 saturated carbocycles. The van der Waals surface area contributed by atoms with Crippen molar-refractivity contribution < 1.29 is 0 Å². The Morgan fingerprint density at radius 3 is 2.53 bits per heavy atom. The van der Waals surface area contributed by atoms with Crippen molar-refractivity contribution in [2.75, 3.05) is 0 Å². The Bertz CT molecular complexity index is 1300.